The number of amides is 6. The van der Waals surface area contributed by atoms with E-state index in [1.807, 2.05) is 13.8 Å². The van der Waals surface area contributed by atoms with Gasteiger partial charge in [0.05, 0.1) is 0 Å². The summed E-state index contributed by atoms with van der Waals surface area (Å²) in [6.45, 7) is 10.1. The molecule has 4 heterocycles. The molecule has 2 fully saturated rings. The van der Waals surface area contributed by atoms with Gasteiger partial charge in [-0.1, -0.05) is 57.8 Å². The molecule has 2 aromatic carbocycles. The van der Waals surface area contributed by atoms with Gasteiger partial charge in [0.2, 0.25) is 11.8 Å². The van der Waals surface area contributed by atoms with Crippen molar-refractivity contribution in [1.82, 2.24) is 31.0 Å². The maximum Gasteiger partial charge on any atom is 0.329 e. The Bertz CT molecular complexity index is 1710. The number of fused-ring (bicyclic) bond motifs is 2. The van der Waals surface area contributed by atoms with Crippen LogP contribution >= 0.6 is 0 Å². The number of carbonyl (C=O) groups excluding carboxylic acids is 4. The van der Waals surface area contributed by atoms with Gasteiger partial charge in [-0.05, 0) is 30.0 Å². The zero-order chi connectivity index (χ0) is 31.4. The second-order valence-corrected chi connectivity index (χ2v) is 10.4. The number of nitrogens with one attached hydrogen (secondary N) is 2. The minimum Gasteiger partial charge on any atom is -0.573 e. The molecule has 0 saturated carbocycles. The van der Waals surface area contributed by atoms with Gasteiger partial charge in [-0.15, -0.1) is 5.52 Å². The molecule has 4 aromatic rings. The average Bonchev–Trinajstić information content (AvgIpc) is 3.55. The van der Waals surface area contributed by atoms with E-state index in [1.54, 1.807) is 25.1 Å². The van der Waals surface area contributed by atoms with Crippen LogP contribution < -0.4 is 30.6 Å². The van der Waals surface area contributed by atoms with Gasteiger partial charge in [0, 0.05) is 77.5 Å². The first kappa shape index (κ1) is 37.6. The van der Waals surface area contributed by atoms with E-state index in [2.05, 4.69) is 44.9 Å². The van der Waals surface area contributed by atoms with Crippen molar-refractivity contribution in [1.29, 1.82) is 0 Å². The van der Waals surface area contributed by atoms with Gasteiger partial charge < -0.3 is 20.4 Å². The minimum atomic E-state index is -0.556. The van der Waals surface area contributed by atoms with Gasteiger partial charge in [0.25, 0.3) is 0 Å². The topological polar surface area (TPSA) is 153 Å². The number of anilines is 2. The van der Waals surface area contributed by atoms with E-state index >= 15 is 0 Å². The standard InChI is InChI=1S/C14H15FN4O2.C12H11FN4O2.C3H8.2Re/c1-7(2)8-3-4-9-12(11(8)15)17-18-13(9)19-6-5-10(20)16-14(19)21;1-6-4-9-7(5-8(6)13)11(16-15-9)17-3-2-10(18)14-12(17)19;1-3-2;;/h3-4,7H,5-6H2,1-2H3,(H2,16,17,18,20,21);4-5H,2-3H2,1H3,(H2,14,15,16,18,19);3H2,1-2H3;;/p-2. The number of hydrogen-bond acceptors (Lipinski definition) is 6. The van der Waals surface area contributed by atoms with Crippen LogP contribution in [-0.2, 0) is 50.4 Å². The Kier molecular flexibility index (Phi) is 13.5. The quantitative estimate of drug-likeness (QED) is 0.307. The normalized spacial score (nSPS) is 14.6. The van der Waals surface area contributed by atoms with E-state index in [-0.39, 0.29) is 107 Å². The van der Waals surface area contributed by atoms with E-state index in [0.29, 0.717) is 27.4 Å². The SMILES string of the molecule is CC(C)c1ccc2c(N3CCC(=O)NC3=O)n[n-]c2c1F.CCC.Cc1cc2[n-]nc(N3CCC(=O)NC3=O)c2cc1F.[Re].[Re]. The summed E-state index contributed by atoms with van der Waals surface area (Å²) in [4.78, 5) is 48.4. The predicted octanol–water partition coefficient (Wildman–Crippen LogP) is 4.40. The maximum atomic E-state index is 14.4. The molecule has 45 heavy (non-hydrogen) atoms. The average molecular weight is 967 g/mol. The zero-order valence-electron chi connectivity index (χ0n) is 25.3. The van der Waals surface area contributed by atoms with Crippen molar-refractivity contribution >= 4 is 57.3 Å². The van der Waals surface area contributed by atoms with E-state index < -0.39 is 17.9 Å². The molecule has 2 radical (unpaired) electrons. The first-order valence-electron chi connectivity index (χ1n) is 13.9. The van der Waals surface area contributed by atoms with Crippen molar-refractivity contribution in [2.45, 2.75) is 59.8 Å². The van der Waals surface area contributed by atoms with Gasteiger partial charge in [0.1, 0.15) is 23.3 Å². The summed E-state index contributed by atoms with van der Waals surface area (Å²) in [5.74, 6) is -0.846. The maximum absolute atomic E-state index is 14.4. The molecule has 12 nitrogen and oxygen atoms in total. The smallest absolute Gasteiger partial charge is 0.329 e. The molecule has 0 atom stereocenters. The van der Waals surface area contributed by atoms with Crippen molar-refractivity contribution in [3.8, 4) is 0 Å². The summed E-state index contributed by atoms with van der Waals surface area (Å²) >= 11 is 0. The third kappa shape index (κ3) is 8.19. The van der Waals surface area contributed by atoms with E-state index in [4.69, 9.17) is 0 Å². The van der Waals surface area contributed by atoms with Crippen LogP contribution in [0.2, 0.25) is 0 Å². The molecule has 2 aliphatic heterocycles. The number of carbonyl (C=O) groups is 4. The second-order valence-electron chi connectivity index (χ2n) is 10.4. The minimum absolute atomic E-state index is 0. The molecular weight excluding hydrogens is 935 g/mol. The number of benzene rings is 2. The van der Waals surface area contributed by atoms with Crippen LogP contribution in [0, 0.1) is 18.6 Å². The number of urea groups is 2. The third-order valence-corrected chi connectivity index (χ3v) is 6.64. The van der Waals surface area contributed by atoms with Crippen molar-refractivity contribution in [3.05, 3.63) is 47.0 Å². The summed E-state index contributed by atoms with van der Waals surface area (Å²) in [5.41, 5.74) is 1.71. The van der Waals surface area contributed by atoms with Gasteiger partial charge in [0.15, 0.2) is 0 Å². The van der Waals surface area contributed by atoms with Gasteiger partial charge in [-0.2, -0.15) is 0 Å². The number of aryl methyl sites for hydroxylation is 1. The van der Waals surface area contributed by atoms with Crippen LogP contribution in [-0.4, -0.2) is 47.2 Å². The molecule has 0 unspecified atom stereocenters. The zero-order valence-corrected chi connectivity index (χ0v) is 30.7. The van der Waals surface area contributed by atoms with Crippen LogP contribution in [0.25, 0.3) is 21.8 Å². The number of nitrogens with zero attached hydrogens (tertiary/aromatic N) is 6. The number of hydrogen-bond donors (Lipinski definition) is 2. The Morgan fingerprint density at radius 3 is 1.87 bits per heavy atom. The van der Waals surface area contributed by atoms with Crippen molar-refractivity contribution < 1.29 is 68.8 Å². The largest absolute Gasteiger partial charge is 0.573 e. The molecule has 2 N–H and O–H groups in total. The summed E-state index contributed by atoms with van der Waals surface area (Å²) < 4.78 is 28.0. The molecule has 2 aliphatic rings. The monoisotopic (exact) mass is 968 g/mol. The number of aromatic nitrogens is 4. The van der Waals surface area contributed by atoms with Crippen LogP contribution in [0.3, 0.4) is 0 Å². The van der Waals surface area contributed by atoms with E-state index in [1.165, 1.54) is 22.3 Å². The Balaban J connectivity index is 0.000000278. The fourth-order valence-corrected chi connectivity index (χ4v) is 4.47. The van der Waals surface area contributed by atoms with Crippen molar-refractivity contribution in [3.63, 3.8) is 0 Å². The van der Waals surface area contributed by atoms with Gasteiger partial charge in [-0.25, -0.2) is 18.4 Å². The molecule has 2 aromatic heterocycles. The molecule has 2 saturated heterocycles. The second kappa shape index (κ2) is 16.1. The Hall–Kier alpha value is -3.56. The molecule has 0 spiro atoms. The molecular formula is C29H32F2N8O4Re2-2. The van der Waals surface area contributed by atoms with Crippen LogP contribution in [0.15, 0.2) is 24.3 Å². The molecule has 16 heteroatoms. The predicted molar refractivity (Wildman–Crippen MR) is 156 cm³/mol. The van der Waals surface area contributed by atoms with Crippen molar-refractivity contribution in [2.75, 3.05) is 22.9 Å². The van der Waals surface area contributed by atoms with Gasteiger partial charge >= 0.3 is 12.1 Å². The Morgan fingerprint density at radius 2 is 1.36 bits per heavy atom. The molecule has 0 aliphatic carbocycles. The third-order valence-electron chi connectivity index (χ3n) is 6.64. The Morgan fingerprint density at radius 1 is 0.844 bits per heavy atom. The number of halogens is 2. The van der Waals surface area contributed by atoms with Crippen LogP contribution in [0.5, 0.6) is 0 Å². The van der Waals surface area contributed by atoms with E-state index in [9.17, 15) is 28.0 Å². The fourth-order valence-electron chi connectivity index (χ4n) is 4.47. The number of imide groups is 2. The van der Waals surface area contributed by atoms with Crippen LogP contribution in [0.1, 0.15) is 64.0 Å². The van der Waals surface area contributed by atoms with Crippen molar-refractivity contribution in [2.24, 2.45) is 0 Å². The summed E-state index contributed by atoms with van der Waals surface area (Å²) in [6, 6.07) is 5.17. The number of rotatable bonds is 3. The van der Waals surface area contributed by atoms with Gasteiger partial charge in [-0.3, -0.25) is 30.0 Å². The Labute approximate surface area is 285 Å². The first-order valence-corrected chi connectivity index (χ1v) is 13.9. The van der Waals surface area contributed by atoms with E-state index in [0.717, 1.165) is 0 Å². The summed E-state index contributed by atoms with van der Waals surface area (Å²) in [7, 11) is 0. The molecule has 242 valence electrons. The van der Waals surface area contributed by atoms with Crippen LogP contribution in [0.4, 0.5) is 30.0 Å². The molecule has 6 rings (SSSR count). The fraction of sp³-hybridized carbons (Fsp3) is 0.379. The summed E-state index contributed by atoms with van der Waals surface area (Å²) in [6.07, 6.45) is 1.63. The summed E-state index contributed by atoms with van der Waals surface area (Å²) in [5, 5.41) is 21.0. The molecule has 0 bridgehead atoms. The first-order chi connectivity index (χ1) is 20.5. The molecule has 6 amide bonds.